The van der Waals surface area contributed by atoms with E-state index in [0.717, 1.165) is 28.8 Å². The van der Waals surface area contributed by atoms with Gasteiger partial charge in [0.25, 0.3) is 5.91 Å². The van der Waals surface area contributed by atoms with Crippen LogP contribution in [0.5, 0.6) is 0 Å². The SMILES string of the molecule is CCCn1cc(Br)cc1C(=O)Nc1cccc(N(C)C)c1. The number of benzene rings is 1. The minimum Gasteiger partial charge on any atom is -0.378 e. The van der Waals surface area contributed by atoms with Gasteiger partial charge in [-0.05, 0) is 46.6 Å². The molecule has 1 amide bonds. The Balaban J connectivity index is 2.20. The van der Waals surface area contributed by atoms with Gasteiger partial charge in [0.2, 0.25) is 0 Å². The van der Waals surface area contributed by atoms with Gasteiger partial charge in [0.15, 0.2) is 0 Å². The fraction of sp³-hybridized carbons (Fsp3) is 0.312. The van der Waals surface area contributed by atoms with Gasteiger partial charge >= 0.3 is 0 Å². The van der Waals surface area contributed by atoms with Crippen molar-refractivity contribution in [2.24, 2.45) is 0 Å². The van der Waals surface area contributed by atoms with Crippen molar-refractivity contribution in [1.29, 1.82) is 0 Å². The second kappa shape index (κ2) is 6.80. The number of halogens is 1. The molecule has 1 aromatic heterocycles. The third-order valence-electron chi connectivity index (χ3n) is 3.18. The van der Waals surface area contributed by atoms with Gasteiger partial charge in [-0.2, -0.15) is 0 Å². The second-order valence-electron chi connectivity index (χ2n) is 5.14. The number of hydrogen-bond donors (Lipinski definition) is 1. The summed E-state index contributed by atoms with van der Waals surface area (Å²) in [5.41, 5.74) is 2.52. The van der Waals surface area contributed by atoms with E-state index in [4.69, 9.17) is 0 Å². The van der Waals surface area contributed by atoms with E-state index in [1.165, 1.54) is 0 Å². The molecule has 0 radical (unpaired) electrons. The molecule has 5 heteroatoms. The lowest BCUT2D eigenvalue weighted by molar-refractivity contribution is 0.101. The Bertz CT molecular complexity index is 634. The minimum absolute atomic E-state index is 0.0925. The number of rotatable bonds is 5. The van der Waals surface area contributed by atoms with Gasteiger partial charge in [0.1, 0.15) is 5.69 Å². The van der Waals surface area contributed by atoms with E-state index < -0.39 is 0 Å². The Hall–Kier alpha value is -1.75. The summed E-state index contributed by atoms with van der Waals surface area (Å²) in [4.78, 5) is 14.4. The lowest BCUT2D eigenvalue weighted by Crippen LogP contribution is -2.17. The van der Waals surface area contributed by atoms with Gasteiger partial charge in [0, 0.05) is 42.7 Å². The van der Waals surface area contributed by atoms with Crippen LogP contribution in [0.2, 0.25) is 0 Å². The molecule has 2 aromatic rings. The van der Waals surface area contributed by atoms with Crippen LogP contribution in [0.3, 0.4) is 0 Å². The molecule has 0 fully saturated rings. The van der Waals surface area contributed by atoms with Crippen molar-refractivity contribution in [3.05, 3.63) is 46.7 Å². The van der Waals surface area contributed by atoms with Crippen molar-refractivity contribution in [1.82, 2.24) is 4.57 Å². The molecular formula is C16H20BrN3O. The standard InChI is InChI=1S/C16H20BrN3O/c1-4-8-20-11-12(17)9-15(20)16(21)18-13-6-5-7-14(10-13)19(2)3/h5-7,9-11H,4,8H2,1-3H3,(H,18,21). The predicted octanol–water partition coefficient (Wildman–Crippen LogP) is 3.98. The number of amides is 1. The Morgan fingerprint density at radius 1 is 1.33 bits per heavy atom. The molecule has 0 aliphatic carbocycles. The molecule has 0 bridgehead atoms. The van der Waals surface area contributed by atoms with Gasteiger partial charge in [-0.3, -0.25) is 4.79 Å². The Morgan fingerprint density at radius 2 is 2.10 bits per heavy atom. The number of nitrogens with one attached hydrogen (secondary N) is 1. The molecule has 0 saturated carbocycles. The van der Waals surface area contributed by atoms with E-state index in [-0.39, 0.29) is 5.91 Å². The third-order valence-corrected chi connectivity index (χ3v) is 3.61. The lowest BCUT2D eigenvalue weighted by atomic mass is 10.2. The average Bonchev–Trinajstić information content (AvgIpc) is 2.80. The summed E-state index contributed by atoms with van der Waals surface area (Å²) >= 11 is 3.43. The largest absolute Gasteiger partial charge is 0.378 e. The smallest absolute Gasteiger partial charge is 0.272 e. The molecule has 0 aliphatic rings. The number of nitrogens with zero attached hydrogens (tertiary/aromatic N) is 2. The Labute approximate surface area is 133 Å². The van der Waals surface area contributed by atoms with Gasteiger partial charge in [-0.1, -0.05) is 13.0 Å². The maximum atomic E-state index is 12.4. The van der Waals surface area contributed by atoms with Gasteiger partial charge in [0.05, 0.1) is 0 Å². The molecule has 0 saturated heterocycles. The van der Waals surface area contributed by atoms with Crippen LogP contribution in [-0.4, -0.2) is 24.6 Å². The summed E-state index contributed by atoms with van der Waals surface area (Å²) in [5.74, 6) is -0.0925. The highest BCUT2D eigenvalue weighted by Gasteiger charge is 2.13. The summed E-state index contributed by atoms with van der Waals surface area (Å²) in [6.45, 7) is 2.92. The molecule has 0 unspecified atom stereocenters. The first-order chi connectivity index (χ1) is 10.0. The molecule has 112 valence electrons. The van der Waals surface area contributed by atoms with Crippen molar-refractivity contribution in [3.8, 4) is 0 Å². The van der Waals surface area contributed by atoms with Crippen molar-refractivity contribution in [2.75, 3.05) is 24.3 Å². The molecular weight excluding hydrogens is 330 g/mol. The quantitative estimate of drug-likeness (QED) is 0.886. The first-order valence-electron chi connectivity index (χ1n) is 6.95. The molecule has 1 N–H and O–H groups in total. The second-order valence-corrected chi connectivity index (χ2v) is 6.05. The third kappa shape index (κ3) is 3.88. The lowest BCUT2D eigenvalue weighted by Gasteiger charge is -2.14. The zero-order chi connectivity index (χ0) is 15.4. The monoisotopic (exact) mass is 349 g/mol. The number of anilines is 2. The summed E-state index contributed by atoms with van der Waals surface area (Å²) in [5, 5.41) is 2.96. The molecule has 2 rings (SSSR count). The maximum absolute atomic E-state index is 12.4. The molecule has 0 spiro atoms. The summed E-state index contributed by atoms with van der Waals surface area (Å²) in [6.07, 6.45) is 2.92. The normalized spacial score (nSPS) is 10.5. The number of hydrogen-bond acceptors (Lipinski definition) is 2. The van der Waals surface area contributed by atoms with E-state index in [1.807, 2.05) is 60.1 Å². The van der Waals surface area contributed by atoms with Crippen molar-refractivity contribution >= 4 is 33.2 Å². The highest BCUT2D eigenvalue weighted by Crippen LogP contribution is 2.20. The van der Waals surface area contributed by atoms with E-state index >= 15 is 0 Å². The number of carbonyl (C=O) groups is 1. The van der Waals surface area contributed by atoms with Gasteiger partial charge in [-0.15, -0.1) is 0 Å². The van der Waals surface area contributed by atoms with Crippen LogP contribution in [0, 0.1) is 0 Å². The van der Waals surface area contributed by atoms with E-state index in [2.05, 4.69) is 28.2 Å². The highest BCUT2D eigenvalue weighted by molar-refractivity contribution is 9.10. The van der Waals surface area contributed by atoms with Crippen LogP contribution in [-0.2, 0) is 6.54 Å². The average molecular weight is 350 g/mol. The number of carbonyl (C=O) groups excluding carboxylic acids is 1. The zero-order valence-electron chi connectivity index (χ0n) is 12.6. The molecule has 4 nitrogen and oxygen atoms in total. The van der Waals surface area contributed by atoms with E-state index in [1.54, 1.807) is 0 Å². The van der Waals surface area contributed by atoms with Crippen LogP contribution in [0.25, 0.3) is 0 Å². The van der Waals surface area contributed by atoms with Crippen LogP contribution in [0.1, 0.15) is 23.8 Å². The summed E-state index contributed by atoms with van der Waals surface area (Å²) in [6, 6.07) is 9.64. The minimum atomic E-state index is -0.0925. The highest BCUT2D eigenvalue weighted by atomic mass is 79.9. The van der Waals surface area contributed by atoms with Crippen LogP contribution in [0.15, 0.2) is 41.0 Å². The van der Waals surface area contributed by atoms with Crippen LogP contribution < -0.4 is 10.2 Å². The van der Waals surface area contributed by atoms with Crippen LogP contribution in [0.4, 0.5) is 11.4 Å². The predicted molar refractivity (Wildman–Crippen MR) is 91.1 cm³/mol. The number of aromatic nitrogens is 1. The molecule has 0 aliphatic heterocycles. The van der Waals surface area contributed by atoms with E-state index in [9.17, 15) is 4.79 Å². The number of aryl methyl sites for hydroxylation is 1. The first-order valence-corrected chi connectivity index (χ1v) is 7.75. The van der Waals surface area contributed by atoms with Gasteiger partial charge < -0.3 is 14.8 Å². The fourth-order valence-electron chi connectivity index (χ4n) is 2.15. The van der Waals surface area contributed by atoms with Crippen molar-refractivity contribution in [3.63, 3.8) is 0 Å². The molecule has 1 aromatic carbocycles. The Morgan fingerprint density at radius 3 is 2.76 bits per heavy atom. The molecule has 21 heavy (non-hydrogen) atoms. The summed E-state index contributed by atoms with van der Waals surface area (Å²) < 4.78 is 2.89. The van der Waals surface area contributed by atoms with Crippen molar-refractivity contribution in [2.45, 2.75) is 19.9 Å². The Kier molecular flexibility index (Phi) is 5.07. The molecule has 0 atom stereocenters. The summed E-state index contributed by atoms with van der Waals surface area (Å²) in [7, 11) is 3.95. The fourth-order valence-corrected chi connectivity index (χ4v) is 2.61. The topological polar surface area (TPSA) is 37.3 Å². The maximum Gasteiger partial charge on any atom is 0.272 e. The van der Waals surface area contributed by atoms with Gasteiger partial charge in [-0.25, -0.2) is 0 Å². The van der Waals surface area contributed by atoms with Crippen LogP contribution >= 0.6 is 15.9 Å². The zero-order valence-corrected chi connectivity index (χ0v) is 14.1. The van der Waals surface area contributed by atoms with E-state index in [0.29, 0.717) is 5.69 Å². The van der Waals surface area contributed by atoms with Crippen molar-refractivity contribution < 1.29 is 4.79 Å². The first kappa shape index (κ1) is 15.6. The molecule has 1 heterocycles.